The zero-order chi connectivity index (χ0) is 17.7. The second-order valence-electron chi connectivity index (χ2n) is 5.44. The summed E-state index contributed by atoms with van der Waals surface area (Å²) >= 11 is 0. The van der Waals surface area contributed by atoms with Gasteiger partial charge in [-0.1, -0.05) is 42.5 Å². The quantitative estimate of drug-likeness (QED) is 0.899. The van der Waals surface area contributed by atoms with Crippen molar-refractivity contribution in [3.63, 3.8) is 0 Å². The number of hydrogen-bond donors (Lipinski definition) is 1. The van der Waals surface area contributed by atoms with Crippen molar-refractivity contribution in [2.24, 2.45) is 5.14 Å². The summed E-state index contributed by atoms with van der Waals surface area (Å²) in [4.78, 5) is 13.6. The Hall–Kier alpha value is -2.38. The Balaban J connectivity index is 2.00. The molecule has 0 heterocycles. The van der Waals surface area contributed by atoms with Gasteiger partial charge >= 0.3 is 6.09 Å². The standard InChI is InChI=1S/C17H20N2O4S/c1-13(15-8-10-16(11-9-15)24(18,21)22)19(2)17(20)23-12-14-6-4-3-5-7-14/h3-11,13H,12H2,1-2H3,(H2,18,21,22). The van der Waals surface area contributed by atoms with E-state index in [0.29, 0.717) is 0 Å². The highest BCUT2D eigenvalue weighted by atomic mass is 32.2. The number of amides is 1. The highest BCUT2D eigenvalue weighted by molar-refractivity contribution is 7.89. The highest BCUT2D eigenvalue weighted by Gasteiger charge is 2.19. The average Bonchev–Trinajstić information content (AvgIpc) is 2.58. The predicted octanol–water partition coefficient (Wildman–Crippen LogP) is 2.66. The molecule has 0 spiro atoms. The molecule has 2 aromatic rings. The summed E-state index contributed by atoms with van der Waals surface area (Å²) in [5, 5.41) is 5.07. The highest BCUT2D eigenvalue weighted by Crippen LogP contribution is 2.21. The van der Waals surface area contributed by atoms with Gasteiger partial charge in [0.15, 0.2) is 0 Å². The van der Waals surface area contributed by atoms with Crippen molar-refractivity contribution in [2.75, 3.05) is 7.05 Å². The van der Waals surface area contributed by atoms with E-state index in [1.165, 1.54) is 17.0 Å². The second kappa shape index (κ2) is 7.46. The van der Waals surface area contributed by atoms with Crippen LogP contribution in [0.15, 0.2) is 59.5 Å². The van der Waals surface area contributed by atoms with Crippen LogP contribution in [0.5, 0.6) is 0 Å². The lowest BCUT2D eigenvalue weighted by Gasteiger charge is -2.24. The number of ether oxygens (including phenoxy) is 1. The molecule has 0 aliphatic heterocycles. The Morgan fingerprint density at radius 2 is 1.71 bits per heavy atom. The minimum absolute atomic E-state index is 0.0350. The molecule has 0 saturated carbocycles. The Labute approximate surface area is 141 Å². The molecule has 0 fully saturated rings. The number of rotatable bonds is 5. The molecule has 1 atom stereocenters. The molecular weight excluding hydrogens is 328 g/mol. The van der Waals surface area contributed by atoms with E-state index < -0.39 is 16.1 Å². The Kier molecular flexibility index (Phi) is 5.58. The van der Waals surface area contributed by atoms with Crippen molar-refractivity contribution in [1.82, 2.24) is 4.90 Å². The van der Waals surface area contributed by atoms with Gasteiger partial charge in [-0.2, -0.15) is 0 Å². The molecule has 0 aliphatic carbocycles. The topological polar surface area (TPSA) is 89.7 Å². The zero-order valence-electron chi connectivity index (χ0n) is 13.5. The summed E-state index contributed by atoms with van der Waals surface area (Å²) in [5.41, 5.74) is 1.69. The summed E-state index contributed by atoms with van der Waals surface area (Å²) in [6.45, 7) is 2.02. The fourth-order valence-electron chi connectivity index (χ4n) is 2.14. The third-order valence-electron chi connectivity index (χ3n) is 3.77. The van der Waals surface area contributed by atoms with Crippen LogP contribution in [0.1, 0.15) is 24.1 Å². The van der Waals surface area contributed by atoms with E-state index in [1.807, 2.05) is 37.3 Å². The third kappa shape index (κ3) is 4.56. The number of primary sulfonamides is 1. The van der Waals surface area contributed by atoms with Crippen LogP contribution < -0.4 is 5.14 Å². The van der Waals surface area contributed by atoms with Crippen molar-refractivity contribution in [2.45, 2.75) is 24.5 Å². The average molecular weight is 348 g/mol. The molecule has 2 rings (SSSR count). The zero-order valence-corrected chi connectivity index (χ0v) is 14.4. The Morgan fingerprint density at radius 1 is 1.12 bits per heavy atom. The maximum Gasteiger partial charge on any atom is 0.410 e. The summed E-state index contributed by atoms with van der Waals surface area (Å²) in [7, 11) is -2.10. The lowest BCUT2D eigenvalue weighted by molar-refractivity contribution is 0.0934. The molecule has 0 saturated heterocycles. The van der Waals surface area contributed by atoms with Gasteiger partial charge < -0.3 is 9.64 Å². The van der Waals surface area contributed by atoms with Crippen molar-refractivity contribution in [1.29, 1.82) is 0 Å². The number of benzene rings is 2. The fraction of sp³-hybridized carbons (Fsp3) is 0.235. The molecule has 2 aromatic carbocycles. The molecule has 1 amide bonds. The van der Waals surface area contributed by atoms with Crippen LogP contribution in [0.3, 0.4) is 0 Å². The van der Waals surface area contributed by atoms with Gasteiger partial charge in [-0.25, -0.2) is 18.4 Å². The number of carbonyl (C=O) groups excluding carboxylic acids is 1. The second-order valence-corrected chi connectivity index (χ2v) is 7.00. The van der Waals surface area contributed by atoms with E-state index in [9.17, 15) is 13.2 Å². The van der Waals surface area contributed by atoms with Crippen LogP contribution in [-0.4, -0.2) is 26.5 Å². The molecule has 0 aliphatic rings. The number of carbonyl (C=O) groups is 1. The molecule has 7 heteroatoms. The molecule has 0 radical (unpaired) electrons. The summed E-state index contributed by atoms with van der Waals surface area (Å²) in [5.74, 6) is 0. The van der Waals surface area contributed by atoms with Crippen molar-refractivity contribution in [3.05, 3.63) is 65.7 Å². The summed E-state index contributed by atoms with van der Waals surface area (Å²) in [6, 6.07) is 15.2. The monoisotopic (exact) mass is 348 g/mol. The molecule has 6 nitrogen and oxygen atoms in total. The molecule has 0 aromatic heterocycles. The van der Waals surface area contributed by atoms with Gasteiger partial charge in [-0.15, -0.1) is 0 Å². The van der Waals surface area contributed by atoms with E-state index in [-0.39, 0.29) is 17.5 Å². The van der Waals surface area contributed by atoms with Crippen molar-refractivity contribution >= 4 is 16.1 Å². The Bertz CT molecular complexity index is 789. The van der Waals surface area contributed by atoms with E-state index in [2.05, 4.69) is 0 Å². The minimum Gasteiger partial charge on any atom is -0.445 e. The molecule has 1 unspecified atom stereocenters. The van der Waals surface area contributed by atoms with Crippen LogP contribution in [0.25, 0.3) is 0 Å². The lowest BCUT2D eigenvalue weighted by atomic mass is 10.1. The normalized spacial score (nSPS) is 12.5. The van der Waals surface area contributed by atoms with Gasteiger partial charge in [0.1, 0.15) is 6.61 Å². The van der Waals surface area contributed by atoms with Crippen LogP contribution in [0, 0.1) is 0 Å². The Morgan fingerprint density at radius 3 is 2.25 bits per heavy atom. The van der Waals surface area contributed by atoms with E-state index in [1.54, 1.807) is 19.2 Å². The first-order valence-corrected chi connectivity index (χ1v) is 8.90. The van der Waals surface area contributed by atoms with E-state index >= 15 is 0 Å². The number of nitrogens with zero attached hydrogens (tertiary/aromatic N) is 1. The first-order valence-electron chi connectivity index (χ1n) is 7.35. The van der Waals surface area contributed by atoms with Gasteiger partial charge in [0, 0.05) is 7.05 Å². The van der Waals surface area contributed by atoms with Gasteiger partial charge in [0.05, 0.1) is 10.9 Å². The van der Waals surface area contributed by atoms with Crippen molar-refractivity contribution in [3.8, 4) is 0 Å². The number of sulfonamides is 1. The SMILES string of the molecule is CC(c1ccc(S(N)(=O)=O)cc1)N(C)C(=O)OCc1ccccc1. The summed E-state index contributed by atoms with van der Waals surface area (Å²) < 4.78 is 27.8. The van der Waals surface area contributed by atoms with Gasteiger partial charge in [0.2, 0.25) is 10.0 Å². The third-order valence-corrected chi connectivity index (χ3v) is 4.69. The smallest absolute Gasteiger partial charge is 0.410 e. The van der Waals surface area contributed by atoms with E-state index in [0.717, 1.165) is 11.1 Å². The lowest BCUT2D eigenvalue weighted by Crippen LogP contribution is -2.30. The first-order chi connectivity index (χ1) is 11.3. The van der Waals surface area contributed by atoms with Gasteiger partial charge in [-0.05, 0) is 30.2 Å². The fourth-order valence-corrected chi connectivity index (χ4v) is 2.65. The maximum atomic E-state index is 12.1. The molecule has 2 N–H and O–H groups in total. The maximum absolute atomic E-state index is 12.1. The summed E-state index contributed by atoms with van der Waals surface area (Å²) in [6.07, 6.45) is -0.457. The van der Waals surface area contributed by atoms with Gasteiger partial charge in [-0.3, -0.25) is 0 Å². The first kappa shape index (κ1) is 18.0. The number of hydrogen-bond acceptors (Lipinski definition) is 4. The van der Waals surface area contributed by atoms with Crippen LogP contribution >= 0.6 is 0 Å². The van der Waals surface area contributed by atoms with Crippen LogP contribution in [0.2, 0.25) is 0 Å². The number of nitrogens with two attached hydrogens (primary N) is 1. The molecule has 0 bridgehead atoms. The van der Waals surface area contributed by atoms with Crippen LogP contribution in [0.4, 0.5) is 4.79 Å². The van der Waals surface area contributed by atoms with Crippen LogP contribution in [-0.2, 0) is 21.4 Å². The predicted molar refractivity (Wildman–Crippen MR) is 90.6 cm³/mol. The molecular formula is C17H20N2O4S. The minimum atomic E-state index is -3.73. The van der Waals surface area contributed by atoms with Gasteiger partial charge in [0.25, 0.3) is 0 Å². The van der Waals surface area contributed by atoms with E-state index in [4.69, 9.17) is 9.88 Å². The van der Waals surface area contributed by atoms with Crippen molar-refractivity contribution < 1.29 is 17.9 Å². The molecule has 128 valence electrons. The molecule has 24 heavy (non-hydrogen) atoms. The largest absolute Gasteiger partial charge is 0.445 e.